The Bertz CT molecular complexity index is 1010. The molecule has 0 unspecified atom stereocenters. The van der Waals surface area contributed by atoms with Crippen LogP contribution in [0.5, 0.6) is 0 Å². The summed E-state index contributed by atoms with van der Waals surface area (Å²) in [4.78, 5) is 3.97. The van der Waals surface area contributed by atoms with Gasteiger partial charge in [-0.05, 0) is 61.1 Å². The molecule has 3 aromatic rings. The molecule has 0 bridgehead atoms. The van der Waals surface area contributed by atoms with Crippen molar-refractivity contribution < 1.29 is 0 Å². The number of hydrogen-bond donors (Lipinski definition) is 0. The van der Waals surface area contributed by atoms with Gasteiger partial charge in [-0.15, -0.1) is 22.7 Å². The molecule has 0 spiro atoms. The Morgan fingerprint density at radius 1 is 1.00 bits per heavy atom. The highest BCUT2D eigenvalue weighted by Crippen LogP contribution is 2.43. The Morgan fingerprint density at radius 3 is 2.35 bits per heavy atom. The van der Waals surface area contributed by atoms with E-state index >= 15 is 0 Å². The lowest BCUT2D eigenvalue weighted by Crippen LogP contribution is -1.93. The molecule has 3 rings (SSSR count). The van der Waals surface area contributed by atoms with Crippen molar-refractivity contribution in [2.24, 2.45) is 0 Å². The second kappa shape index (κ2) is 7.77. The fourth-order valence-corrected chi connectivity index (χ4v) is 6.01. The predicted molar refractivity (Wildman–Crippen MR) is 123 cm³/mol. The van der Waals surface area contributed by atoms with Crippen LogP contribution in [0.4, 0.5) is 0 Å². The molecule has 0 saturated carbocycles. The summed E-state index contributed by atoms with van der Waals surface area (Å²) in [5.41, 5.74) is 6.87. The van der Waals surface area contributed by atoms with Gasteiger partial charge in [-0.3, -0.25) is 0 Å². The minimum atomic E-state index is 1.09. The summed E-state index contributed by atoms with van der Waals surface area (Å²) in [5.74, 6) is 0. The molecule has 2 aromatic heterocycles. The minimum Gasteiger partial charge on any atom is -0.140 e. The van der Waals surface area contributed by atoms with E-state index < -0.39 is 0 Å². The van der Waals surface area contributed by atoms with Gasteiger partial charge in [-0.25, -0.2) is 0 Å². The van der Waals surface area contributed by atoms with Crippen molar-refractivity contribution in [1.82, 2.24) is 0 Å². The lowest BCUT2D eigenvalue weighted by Gasteiger charge is -2.15. The summed E-state index contributed by atoms with van der Waals surface area (Å²) in [7, 11) is 0. The third-order valence-electron chi connectivity index (χ3n) is 4.94. The number of allylic oxidation sites excluding steroid dienone is 2. The number of hydrogen-bond acceptors (Lipinski definition) is 2. The molecular formula is C24H26S2. The monoisotopic (exact) mass is 378 g/mol. The molecule has 2 heterocycles. The third-order valence-corrected chi connectivity index (χ3v) is 7.14. The van der Waals surface area contributed by atoms with Crippen molar-refractivity contribution in [3.05, 3.63) is 68.7 Å². The van der Waals surface area contributed by atoms with Crippen LogP contribution in [-0.4, -0.2) is 0 Å². The van der Waals surface area contributed by atoms with Crippen LogP contribution < -0.4 is 0 Å². The smallest absolute Gasteiger partial charge is 0.0351 e. The van der Waals surface area contributed by atoms with Crippen LogP contribution in [0.3, 0.4) is 0 Å². The van der Waals surface area contributed by atoms with Crippen LogP contribution in [0.2, 0.25) is 0 Å². The van der Waals surface area contributed by atoms with Gasteiger partial charge >= 0.3 is 0 Å². The summed E-state index contributed by atoms with van der Waals surface area (Å²) < 4.78 is 1.37. The first kappa shape index (κ1) is 18.9. The molecule has 2 heteroatoms. The maximum Gasteiger partial charge on any atom is 0.0351 e. The summed E-state index contributed by atoms with van der Waals surface area (Å²) in [6.45, 7) is 17.1. The number of aryl methyl sites for hydroxylation is 2. The summed E-state index contributed by atoms with van der Waals surface area (Å²) in [6, 6.07) is 8.78. The molecule has 0 fully saturated rings. The molecular weight excluding hydrogens is 352 g/mol. The lowest BCUT2D eigenvalue weighted by molar-refractivity contribution is 0.974. The topological polar surface area (TPSA) is 0 Å². The molecule has 0 aliphatic carbocycles. The maximum absolute atomic E-state index is 4.07. The first-order valence-corrected chi connectivity index (χ1v) is 10.7. The van der Waals surface area contributed by atoms with Gasteiger partial charge < -0.3 is 0 Å². The normalized spacial score (nSPS) is 12.3. The van der Waals surface area contributed by atoms with E-state index in [2.05, 4.69) is 65.1 Å². The molecule has 0 atom stereocenters. The van der Waals surface area contributed by atoms with E-state index in [0.717, 1.165) is 12.8 Å². The van der Waals surface area contributed by atoms with Crippen molar-refractivity contribution >= 4 is 56.1 Å². The highest BCUT2D eigenvalue weighted by Gasteiger charge is 2.20. The number of thiophene rings is 2. The van der Waals surface area contributed by atoms with Gasteiger partial charge in [0.05, 0.1) is 0 Å². The minimum absolute atomic E-state index is 1.09. The molecule has 0 amide bonds. The van der Waals surface area contributed by atoms with Crippen molar-refractivity contribution in [2.75, 3.05) is 0 Å². The Hall–Kier alpha value is -1.90. The molecule has 0 aliphatic heterocycles. The van der Waals surface area contributed by atoms with Gasteiger partial charge in [-0.1, -0.05) is 56.9 Å². The van der Waals surface area contributed by atoms with E-state index in [0.29, 0.717) is 0 Å². The van der Waals surface area contributed by atoms with Gasteiger partial charge in [0.25, 0.3) is 0 Å². The van der Waals surface area contributed by atoms with E-state index in [1.165, 1.54) is 52.6 Å². The molecule has 134 valence electrons. The highest BCUT2D eigenvalue weighted by molar-refractivity contribution is 7.19. The van der Waals surface area contributed by atoms with Crippen LogP contribution in [0.15, 0.2) is 37.4 Å². The molecule has 1 aromatic carbocycles. The Balaban J connectivity index is 2.34. The van der Waals surface area contributed by atoms with Crippen molar-refractivity contribution in [3.63, 3.8) is 0 Å². The molecule has 0 saturated heterocycles. The third kappa shape index (κ3) is 3.13. The SMILES string of the molecule is C=Cc1sc(C)c(/C(C)=C(/CCC)c2c(C)sc3ccccc23)c1C=C. The van der Waals surface area contributed by atoms with Gasteiger partial charge in [0, 0.05) is 24.7 Å². The predicted octanol–water partition coefficient (Wildman–Crippen LogP) is 8.60. The van der Waals surface area contributed by atoms with E-state index in [-0.39, 0.29) is 0 Å². The molecule has 0 aliphatic rings. The van der Waals surface area contributed by atoms with E-state index in [4.69, 9.17) is 0 Å². The fraction of sp³-hybridized carbons (Fsp3) is 0.250. The number of benzene rings is 1. The quantitative estimate of drug-likeness (QED) is 0.403. The summed E-state index contributed by atoms with van der Waals surface area (Å²) >= 11 is 3.72. The fourth-order valence-electron chi connectivity index (χ4n) is 3.85. The Labute approximate surface area is 165 Å². The molecule has 0 radical (unpaired) electrons. The van der Waals surface area contributed by atoms with Gasteiger partial charge in [0.1, 0.15) is 0 Å². The van der Waals surface area contributed by atoms with Crippen LogP contribution >= 0.6 is 22.7 Å². The molecule has 0 nitrogen and oxygen atoms in total. The largest absolute Gasteiger partial charge is 0.140 e. The first-order chi connectivity index (χ1) is 12.5. The second-order valence-corrected chi connectivity index (χ2v) is 9.12. The standard InChI is InChI=1S/C24H26S2/c1-7-12-19(24-17(6)26-22-14-11-10-13-20(22)24)15(4)23-16(5)25-21(9-3)18(23)8-2/h8-11,13-14H,2-3,7,12H2,1,4-6H3/b19-15-. The van der Waals surface area contributed by atoms with Gasteiger partial charge in [0.15, 0.2) is 0 Å². The first-order valence-electron chi connectivity index (χ1n) is 9.10. The van der Waals surface area contributed by atoms with Gasteiger partial charge in [-0.2, -0.15) is 0 Å². The van der Waals surface area contributed by atoms with Crippen LogP contribution in [0.25, 0.3) is 33.4 Å². The average Bonchev–Trinajstić information content (AvgIpc) is 3.14. The average molecular weight is 379 g/mol. The zero-order valence-corrected chi connectivity index (χ0v) is 17.7. The second-order valence-electron chi connectivity index (χ2n) is 6.60. The van der Waals surface area contributed by atoms with Crippen LogP contribution in [0, 0.1) is 13.8 Å². The van der Waals surface area contributed by atoms with Crippen molar-refractivity contribution in [2.45, 2.75) is 40.5 Å². The van der Waals surface area contributed by atoms with Crippen molar-refractivity contribution in [1.29, 1.82) is 0 Å². The van der Waals surface area contributed by atoms with E-state index in [1.54, 1.807) is 0 Å². The Morgan fingerprint density at radius 2 is 1.69 bits per heavy atom. The van der Waals surface area contributed by atoms with E-state index in [9.17, 15) is 0 Å². The number of fused-ring (bicyclic) bond motifs is 1. The molecule has 26 heavy (non-hydrogen) atoms. The summed E-state index contributed by atoms with van der Waals surface area (Å²) in [5, 5.41) is 1.38. The molecule has 0 N–H and O–H groups in total. The van der Waals surface area contributed by atoms with Crippen LogP contribution in [-0.2, 0) is 0 Å². The number of rotatable bonds is 6. The zero-order valence-electron chi connectivity index (χ0n) is 16.1. The maximum atomic E-state index is 4.07. The summed E-state index contributed by atoms with van der Waals surface area (Å²) in [6.07, 6.45) is 6.16. The van der Waals surface area contributed by atoms with Gasteiger partial charge in [0.2, 0.25) is 0 Å². The van der Waals surface area contributed by atoms with E-state index in [1.807, 2.05) is 34.8 Å². The lowest BCUT2D eigenvalue weighted by atomic mass is 9.89. The Kier molecular flexibility index (Phi) is 5.64. The van der Waals surface area contributed by atoms with Crippen molar-refractivity contribution in [3.8, 4) is 0 Å². The van der Waals surface area contributed by atoms with Crippen LogP contribution in [0.1, 0.15) is 58.0 Å². The highest BCUT2D eigenvalue weighted by atomic mass is 32.1. The zero-order chi connectivity index (χ0) is 18.8.